The molecule has 5 heteroatoms. The number of piperidine rings is 1. The van der Waals surface area contributed by atoms with Crippen LogP contribution in [0.25, 0.3) is 0 Å². The molecule has 0 aromatic heterocycles. The Kier molecular flexibility index (Phi) is 4.68. The molecule has 0 radical (unpaired) electrons. The van der Waals surface area contributed by atoms with E-state index in [0.29, 0.717) is 32.5 Å². The second kappa shape index (κ2) is 6.29. The maximum atomic E-state index is 12.5. The van der Waals surface area contributed by atoms with Crippen molar-refractivity contribution in [2.75, 3.05) is 26.2 Å². The van der Waals surface area contributed by atoms with Gasteiger partial charge in [-0.15, -0.1) is 0 Å². The van der Waals surface area contributed by atoms with Gasteiger partial charge in [0.25, 0.3) is 0 Å². The lowest BCUT2D eigenvalue weighted by molar-refractivity contribution is -0.152. The summed E-state index contributed by atoms with van der Waals surface area (Å²) < 4.78 is 0. The van der Waals surface area contributed by atoms with Crippen LogP contribution >= 0.6 is 0 Å². The van der Waals surface area contributed by atoms with Crippen LogP contribution in [0.2, 0.25) is 0 Å². The Morgan fingerprint density at radius 2 is 2.05 bits per heavy atom. The van der Waals surface area contributed by atoms with E-state index in [0.717, 1.165) is 25.8 Å². The Hall–Kier alpha value is -1.52. The molecule has 2 amide bonds. The molecule has 1 fully saturated rings. The molecule has 20 heavy (non-hydrogen) atoms. The van der Waals surface area contributed by atoms with E-state index in [1.54, 1.807) is 4.90 Å². The van der Waals surface area contributed by atoms with E-state index in [1.165, 1.54) is 0 Å². The molecule has 0 spiro atoms. The lowest BCUT2D eigenvalue weighted by Gasteiger charge is -2.42. The molecule has 1 N–H and O–H groups in total. The number of carboxylic acids is 1. The second-order valence-electron chi connectivity index (χ2n) is 5.85. The number of carbonyl (C=O) groups is 2. The molecule has 2 aliphatic heterocycles. The molecule has 0 bridgehead atoms. The monoisotopic (exact) mass is 280 g/mol. The van der Waals surface area contributed by atoms with Crippen LogP contribution in [-0.2, 0) is 4.79 Å². The normalized spacial score (nSPS) is 26.6. The van der Waals surface area contributed by atoms with Gasteiger partial charge in [0.15, 0.2) is 0 Å². The summed E-state index contributed by atoms with van der Waals surface area (Å²) in [6.45, 7) is 4.41. The highest BCUT2D eigenvalue weighted by atomic mass is 16.4. The number of hydrogen-bond donors (Lipinski definition) is 1. The average Bonchev–Trinajstić information content (AvgIpc) is 2.48. The van der Waals surface area contributed by atoms with Crippen LogP contribution in [-0.4, -0.2) is 53.1 Å². The number of rotatable bonds is 3. The summed E-state index contributed by atoms with van der Waals surface area (Å²) in [7, 11) is 0. The van der Waals surface area contributed by atoms with Crippen LogP contribution in [0.3, 0.4) is 0 Å². The van der Waals surface area contributed by atoms with E-state index in [9.17, 15) is 14.7 Å². The summed E-state index contributed by atoms with van der Waals surface area (Å²) in [4.78, 5) is 27.7. The third-order valence-electron chi connectivity index (χ3n) is 4.36. The Morgan fingerprint density at radius 3 is 2.65 bits per heavy atom. The SMILES string of the molecule is CCCC1(C(=O)O)CCCN(C(=O)N2CC=CCC2)C1. The molecule has 2 heterocycles. The van der Waals surface area contributed by atoms with Gasteiger partial charge < -0.3 is 14.9 Å². The Balaban J connectivity index is 2.07. The van der Waals surface area contributed by atoms with Gasteiger partial charge in [0, 0.05) is 26.2 Å². The number of nitrogens with zero attached hydrogens (tertiary/aromatic N) is 2. The molecule has 1 unspecified atom stereocenters. The fraction of sp³-hybridized carbons (Fsp3) is 0.733. The fourth-order valence-electron chi connectivity index (χ4n) is 3.27. The quantitative estimate of drug-likeness (QED) is 0.807. The summed E-state index contributed by atoms with van der Waals surface area (Å²) >= 11 is 0. The van der Waals surface area contributed by atoms with Gasteiger partial charge in [0.2, 0.25) is 0 Å². The highest BCUT2D eigenvalue weighted by molar-refractivity contribution is 5.79. The van der Waals surface area contributed by atoms with Gasteiger partial charge in [-0.3, -0.25) is 4.79 Å². The molecule has 5 nitrogen and oxygen atoms in total. The lowest BCUT2D eigenvalue weighted by atomic mass is 9.76. The minimum absolute atomic E-state index is 0.00391. The van der Waals surface area contributed by atoms with Gasteiger partial charge in [0.05, 0.1) is 5.41 Å². The zero-order valence-corrected chi connectivity index (χ0v) is 12.2. The van der Waals surface area contributed by atoms with Crippen LogP contribution in [0.5, 0.6) is 0 Å². The van der Waals surface area contributed by atoms with E-state index in [2.05, 4.69) is 6.08 Å². The third kappa shape index (κ3) is 2.97. The van der Waals surface area contributed by atoms with Crippen molar-refractivity contribution in [1.29, 1.82) is 0 Å². The average molecular weight is 280 g/mol. The summed E-state index contributed by atoms with van der Waals surface area (Å²) in [6, 6.07) is -0.00391. The number of hydrogen-bond acceptors (Lipinski definition) is 2. The van der Waals surface area contributed by atoms with Crippen LogP contribution in [0.4, 0.5) is 4.79 Å². The van der Waals surface area contributed by atoms with Crippen LogP contribution < -0.4 is 0 Å². The van der Waals surface area contributed by atoms with Gasteiger partial charge in [-0.2, -0.15) is 0 Å². The van der Waals surface area contributed by atoms with Crippen molar-refractivity contribution in [2.45, 2.75) is 39.0 Å². The van der Waals surface area contributed by atoms with Gasteiger partial charge in [-0.05, 0) is 25.7 Å². The number of amides is 2. The smallest absolute Gasteiger partial charge is 0.320 e. The minimum atomic E-state index is -0.754. The summed E-state index contributed by atoms with van der Waals surface area (Å²) in [6.07, 6.45) is 7.91. The molecule has 0 saturated carbocycles. The molecular weight excluding hydrogens is 256 g/mol. The lowest BCUT2D eigenvalue weighted by Crippen LogP contribution is -2.54. The first-order valence-corrected chi connectivity index (χ1v) is 7.51. The van der Waals surface area contributed by atoms with Crippen molar-refractivity contribution in [3.8, 4) is 0 Å². The first-order valence-electron chi connectivity index (χ1n) is 7.51. The predicted molar refractivity (Wildman–Crippen MR) is 76.5 cm³/mol. The standard InChI is InChI=1S/C15H24N2O3/c1-2-7-15(13(18)19)8-6-11-17(12-15)14(20)16-9-4-3-5-10-16/h3-4H,2,5-12H2,1H3,(H,18,19). The van der Waals surface area contributed by atoms with Crippen molar-refractivity contribution in [3.05, 3.63) is 12.2 Å². The zero-order chi connectivity index (χ0) is 14.6. The Morgan fingerprint density at radius 1 is 1.25 bits per heavy atom. The summed E-state index contributed by atoms with van der Waals surface area (Å²) in [5, 5.41) is 9.57. The van der Waals surface area contributed by atoms with E-state index in [1.807, 2.05) is 17.9 Å². The second-order valence-corrected chi connectivity index (χ2v) is 5.85. The van der Waals surface area contributed by atoms with Crippen molar-refractivity contribution in [3.63, 3.8) is 0 Å². The van der Waals surface area contributed by atoms with Gasteiger partial charge in [-0.1, -0.05) is 25.5 Å². The van der Waals surface area contributed by atoms with Crippen molar-refractivity contribution in [2.24, 2.45) is 5.41 Å². The van der Waals surface area contributed by atoms with Gasteiger partial charge >= 0.3 is 12.0 Å². The molecule has 2 rings (SSSR count). The van der Waals surface area contributed by atoms with Crippen molar-refractivity contribution < 1.29 is 14.7 Å². The molecule has 2 aliphatic rings. The molecular formula is C15H24N2O3. The molecule has 1 atom stereocenters. The van der Waals surface area contributed by atoms with E-state index in [-0.39, 0.29) is 6.03 Å². The van der Waals surface area contributed by atoms with Crippen molar-refractivity contribution in [1.82, 2.24) is 9.80 Å². The maximum Gasteiger partial charge on any atom is 0.320 e. The van der Waals surface area contributed by atoms with Gasteiger partial charge in [-0.25, -0.2) is 4.79 Å². The van der Waals surface area contributed by atoms with E-state index < -0.39 is 11.4 Å². The molecule has 0 aromatic carbocycles. The zero-order valence-electron chi connectivity index (χ0n) is 12.2. The third-order valence-corrected chi connectivity index (χ3v) is 4.36. The van der Waals surface area contributed by atoms with Crippen LogP contribution in [0, 0.1) is 5.41 Å². The molecule has 0 aliphatic carbocycles. The van der Waals surface area contributed by atoms with E-state index in [4.69, 9.17) is 0 Å². The number of likely N-dealkylation sites (tertiary alicyclic amines) is 1. The number of aliphatic carboxylic acids is 1. The molecule has 1 saturated heterocycles. The maximum absolute atomic E-state index is 12.5. The van der Waals surface area contributed by atoms with Crippen LogP contribution in [0.15, 0.2) is 12.2 Å². The Bertz CT molecular complexity index is 404. The first-order chi connectivity index (χ1) is 9.59. The first kappa shape index (κ1) is 14.9. The molecule has 112 valence electrons. The highest BCUT2D eigenvalue weighted by Crippen LogP contribution is 2.35. The van der Waals surface area contributed by atoms with Crippen LogP contribution in [0.1, 0.15) is 39.0 Å². The predicted octanol–water partition coefficient (Wildman–Crippen LogP) is 2.34. The summed E-state index contributed by atoms with van der Waals surface area (Å²) in [5.74, 6) is -0.754. The fourth-order valence-corrected chi connectivity index (χ4v) is 3.27. The summed E-state index contributed by atoms with van der Waals surface area (Å²) in [5.41, 5.74) is -0.742. The number of carbonyl (C=O) groups excluding carboxylic acids is 1. The molecule has 0 aromatic rings. The minimum Gasteiger partial charge on any atom is -0.481 e. The van der Waals surface area contributed by atoms with E-state index >= 15 is 0 Å². The van der Waals surface area contributed by atoms with Crippen molar-refractivity contribution >= 4 is 12.0 Å². The van der Waals surface area contributed by atoms with Gasteiger partial charge in [0.1, 0.15) is 0 Å². The topological polar surface area (TPSA) is 60.9 Å². The largest absolute Gasteiger partial charge is 0.481 e. The Labute approximate surface area is 120 Å². The number of urea groups is 1. The number of carboxylic acid groups (broad SMARTS) is 1. The highest BCUT2D eigenvalue weighted by Gasteiger charge is 2.43.